The van der Waals surface area contributed by atoms with Crippen LogP contribution in [0.4, 0.5) is 5.82 Å². The van der Waals surface area contributed by atoms with E-state index in [4.69, 9.17) is 8.85 Å². The van der Waals surface area contributed by atoms with Crippen LogP contribution in [0.5, 0.6) is 0 Å². The van der Waals surface area contributed by atoms with E-state index < -0.39 is 24.0 Å². The Labute approximate surface area is 195 Å². The van der Waals surface area contributed by atoms with Crippen molar-refractivity contribution in [2.75, 3.05) is 31.0 Å². The molecule has 1 spiro atoms. The summed E-state index contributed by atoms with van der Waals surface area (Å²) in [4.78, 5) is 39.9. The third-order valence-electron chi connectivity index (χ3n) is 7.14. The number of likely N-dealkylation sites (tertiary alicyclic amines) is 1. The van der Waals surface area contributed by atoms with Gasteiger partial charge in [-0.3, -0.25) is 14.5 Å². The van der Waals surface area contributed by atoms with Crippen LogP contribution in [0, 0.1) is 12.3 Å². The molecule has 2 fully saturated rings. The normalized spacial score (nSPS) is 23.6. The van der Waals surface area contributed by atoms with Crippen molar-refractivity contribution in [2.24, 2.45) is 12.5 Å². The Morgan fingerprint density at radius 3 is 2.64 bits per heavy atom. The van der Waals surface area contributed by atoms with Gasteiger partial charge >= 0.3 is 5.97 Å². The number of benzene rings is 1. The maximum absolute atomic E-state index is 13.4. The van der Waals surface area contributed by atoms with Crippen molar-refractivity contribution < 1.29 is 23.5 Å². The zero-order valence-electron chi connectivity index (χ0n) is 21.6. The second-order valence-corrected chi connectivity index (χ2v) is 8.93. The summed E-state index contributed by atoms with van der Waals surface area (Å²) in [6, 6.07) is 5.78. The third-order valence-corrected chi connectivity index (χ3v) is 7.14. The maximum Gasteiger partial charge on any atom is 0.338 e. The predicted octanol–water partition coefficient (Wildman–Crippen LogP) is 1.31. The van der Waals surface area contributed by atoms with Gasteiger partial charge in [0.15, 0.2) is 5.82 Å². The number of aryl methyl sites for hydroxylation is 1. The van der Waals surface area contributed by atoms with E-state index in [2.05, 4.69) is 5.10 Å². The number of ether oxygens (including phenoxy) is 1. The Bertz CT molecular complexity index is 1320. The van der Waals surface area contributed by atoms with E-state index in [0.717, 1.165) is 0 Å². The fourth-order valence-corrected chi connectivity index (χ4v) is 5.00. The largest absolute Gasteiger partial charge is 0.457 e. The maximum atomic E-state index is 13.4. The van der Waals surface area contributed by atoms with Gasteiger partial charge in [-0.15, -0.1) is 0 Å². The molecule has 0 radical (unpaired) electrons. The summed E-state index contributed by atoms with van der Waals surface area (Å²) < 4.78 is 32.4. The molecule has 33 heavy (non-hydrogen) atoms. The third kappa shape index (κ3) is 3.65. The lowest BCUT2D eigenvalue weighted by Gasteiger charge is -2.38. The zero-order chi connectivity index (χ0) is 26.0. The molecule has 9 heteroatoms. The highest BCUT2D eigenvalue weighted by Crippen LogP contribution is 2.43. The smallest absolute Gasteiger partial charge is 0.338 e. The summed E-state index contributed by atoms with van der Waals surface area (Å²) >= 11 is 0. The van der Waals surface area contributed by atoms with Crippen LogP contribution in [0.3, 0.4) is 0 Å². The highest BCUT2D eigenvalue weighted by molar-refractivity contribution is 5.99. The number of carbonyl (C=O) groups is 2. The highest BCUT2D eigenvalue weighted by atomic mass is 16.5. The quantitative estimate of drug-likeness (QED) is 0.693. The predicted molar refractivity (Wildman–Crippen MR) is 120 cm³/mol. The molecule has 1 aromatic carbocycles. The molecule has 0 bridgehead atoms. The number of hydrogen-bond donors (Lipinski definition) is 1. The molecular weight excluding hydrogens is 424 g/mol. The molecule has 1 amide bonds. The molecule has 0 aliphatic carbocycles. The Hall–Kier alpha value is -3.04. The van der Waals surface area contributed by atoms with Gasteiger partial charge < -0.3 is 14.7 Å². The van der Waals surface area contributed by atoms with Crippen LogP contribution >= 0.6 is 0 Å². The monoisotopic (exact) mass is 455 g/mol. The minimum Gasteiger partial charge on any atom is -0.457 e. The average Bonchev–Trinajstić information content (AvgIpc) is 3.37. The Morgan fingerprint density at radius 2 is 1.91 bits per heavy atom. The average molecular weight is 456 g/mol. The van der Waals surface area contributed by atoms with E-state index in [-0.39, 0.29) is 36.7 Å². The SMILES string of the molecule is [2H]C([2H])(N1CCC2(CCN(c3ccc(=O)n(C)n3)C2=O)CC1)[C@]([2H])(O)c1ccc2c(c1C)COC2=O. The van der Waals surface area contributed by atoms with Gasteiger partial charge in [0, 0.05) is 34.5 Å². The first-order valence-corrected chi connectivity index (χ1v) is 11.0. The van der Waals surface area contributed by atoms with Crippen LogP contribution in [-0.2, 0) is 23.2 Å². The van der Waals surface area contributed by atoms with Crippen LogP contribution < -0.4 is 10.5 Å². The Kier molecular flexibility index (Phi) is 4.50. The molecule has 0 saturated carbocycles. The van der Waals surface area contributed by atoms with Crippen molar-refractivity contribution in [3.8, 4) is 0 Å². The molecule has 9 nitrogen and oxygen atoms in total. The summed E-state index contributed by atoms with van der Waals surface area (Å²) in [5.74, 6) is -0.165. The molecule has 3 aliphatic rings. The zero-order valence-corrected chi connectivity index (χ0v) is 18.6. The number of aliphatic hydroxyl groups is 1. The summed E-state index contributed by atoms with van der Waals surface area (Å²) in [7, 11) is 1.53. The second-order valence-electron chi connectivity index (χ2n) is 8.93. The highest BCUT2D eigenvalue weighted by Gasteiger charge is 2.49. The molecule has 4 heterocycles. The topological polar surface area (TPSA) is 105 Å². The number of amides is 1. The standard InChI is InChI=1S/C24H28N4O5/c1-15-16(3-4-17-18(15)14-33-22(17)31)19(29)13-27-10-7-24(8-11-27)9-12-28(23(24)32)20-5-6-21(30)26(2)25-20/h3-6,19,29H,7-14H2,1-2H3/t19-/m0/s1/i13D2,19D. The fraction of sp³-hybridized carbons (Fsp3) is 0.500. The summed E-state index contributed by atoms with van der Waals surface area (Å²) in [5.41, 5.74) is 0.513. The first kappa shape index (κ1) is 18.4. The fourth-order valence-electron chi connectivity index (χ4n) is 5.00. The van der Waals surface area contributed by atoms with Crippen molar-refractivity contribution in [3.63, 3.8) is 0 Å². The van der Waals surface area contributed by atoms with Gasteiger partial charge in [0.2, 0.25) is 5.91 Å². The van der Waals surface area contributed by atoms with E-state index in [9.17, 15) is 19.5 Å². The molecular formula is C24H28N4O5. The number of carbonyl (C=O) groups excluding carboxylic acids is 2. The van der Waals surface area contributed by atoms with Gasteiger partial charge in [-0.1, -0.05) is 6.07 Å². The molecule has 1 N–H and O–H groups in total. The molecule has 5 rings (SSSR count). The minimum absolute atomic E-state index is 0.0300. The van der Waals surface area contributed by atoms with Gasteiger partial charge in [-0.2, -0.15) is 5.10 Å². The van der Waals surface area contributed by atoms with Crippen LogP contribution in [0.2, 0.25) is 0 Å². The van der Waals surface area contributed by atoms with Crippen molar-refractivity contribution >= 4 is 17.7 Å². The van der Waals surface area contributed by atoms with E-state index in [0.29, 0.717) is 48.3 Å². The van der Waals surface area contributed by atoms with Crippen LogP contribution in [0.15, 0.2) is 29.1 Å². The van der Waals surface area contributed by atoms with Crippen molar-refractivity contribution in [3.05, 3.63) is 56.9 Å². The minimum atomic E-state index is -2.62. The number of nitrogens with zero attached hydrogens (tertiary/aromatic N) is 4. The van der Waals surface area contributed by atoms with Crippen molar-refractivity contribution in [1.29, 1.82) is 0 Å². The van der Waals surface area contributed by atoms with E-state index in [1.807, 2.05) is 0 Å². The number of rotatable bonds is 4. The molecule has 174 valence electrons. The summed E-state index contributed by atoms with van der Waals surface area (Å²) in [6.45, 7) is 0.0323. The lowest BCUT2D eigenvalue weighted by molar-refractivity contribution is -0.128. The molecule has 0 unspecified atom stereocenters. The number of β-amino-alcohol motifs (C(OH)–C–C–N with tert-alkyl or cyclic N) is 1. The van der Waals surface area contributed by atoms with Crippen LogP contribution in [0.25, 0.3) is 0 Å². The Morgan fingerprint density at radius 1 is 1.18 bits per heavy atom. The lowest BCUT2D eigenvalue weighted by Crippen LogP contribution is -2.46. The van der Waals surface area contributed by atoms with E-state index in [1.54, 1.807) is 11.8 Å². The van der Waals surface area contributed by atoms with Crippen LogP contribution in [-0.4, -0.2) is 57.8 Å². The Balaban J connectivity index is 1.34. The van der Waals surface area contributed by atoms with E-state index >= 15 is 0 Å². The number of piperidine rings is 1. The van der Waals surface area contributed by atoms with Gasteiger partial charge in [0.1, 0.15) is 6.61 Å². The first-order chi connectivity index (χ1) is 16.9. The lowest BCUT2D eigenvalue weighted by atomic mass is 9.77. The number of fused-ring (bicyclic) bond motifs is 1. The second kappa shape index (κ2) is 8.07. The van der Waals surface area contributed by atoms with Gasteiger partial charge in [0.05, 0.1) is 18.4 Å². The number of esters is 1. The van der Waals surface area contributed by atoms with Gasteiger partial charge in [-0.05, 0) is 62.5 Å². The van der Waals surface area contributed by atoms with E-state index in [1.165, 1.54) is 40.9 Å². The van der Waals surface area contributed by atoms with Gasteiger partial charge in [-0.25, -0.2) is 9.48 Å². The number of cyclic esters (lactones) is 1. The molecule has 2 saturated heterocycles. The molecule has 1 atom stereocenters. The van der Waals surface area contributed by atoms with Crippen molar-refractivity contribution in [2.45, 2.75) is 38.9 Å². The molecule has 1 aromatic heterocycles. The summed E-state index contributed by atoms with van der Waals surface area (Å²) in [5, 5.41) is 15.4. The number of anilines is 1. The first-order valence-electron chi connectivity index (χ1n) is 12.5. The molecule has 2 aromatic rings. The van der Waals surface area contributed by atoms with Crippen molar-refractivity contribution in [1.82, 2.24) is 14.7 Å². The van der Waals surface area contributed by atoms with Crippen LogP contribution in [0.1, 0.15) is 56.5 Å². The summed E-state index contributed by atoms with van der Waals surface area (Å²) in [6.07, 6.45) is -1.30. The molecule has 3 aliphatic heterocycles. The number of aromatic nitrogens is 2. The number of hydrogen-bond acceptors (Lipinski definition) is 7. The van der Waals surface area contributed by atoms with Gasteiger partial charge in [0.25, 0.3) is 5.56 Å².